The molecule has 1 aliphatic rings. The van der Waals surface area contributed by atoms with Gasteiger partial charge in [-0.05, 0) is 13.3 Å². The fraction of sp³-hybridized carbons (Fsp3) is 0.583. The maximum absolute atomic E-state index is 4.39. The fourth-order valence-corrected chi connectivity index (χ4v) is 3.48. The number of nitrogens with zero attached hydrogens (tertiary/aromatic N) is 5. The quantitative estimate of drug-likeness (QED) is 0.833. The standard InChI is InChI=1S/C12H17N5S/c1-4-10-12-15-14-11(17(12)5-6-18-10)9-7-13-16(3)8(9)2/h7,10H,4-6H2,1-3H3. The summed E-state index contributed by atoms with van der Waals surface area (Å²) in [7, 11) is 1.96. The molecule has 0 amide bonds. The summed E-state index contributed by atoms with van der Waals surface area (Å²) < 4.78 is 4.14. The van der Waals surface area contributed by atoms with Crippen LogP contribution < -0.4 is 0 Å². The largest absolute Gasteiger partial charge is 0.309 e. The minimum Gasteiger partial charge on any atom is -0.309 e. The molecule has 3 rings (SSSR count). The highest BCUT2D eigenvalue weighted by molar-refractivity contribution is 7.99. The molecule has 0 aliphatic carbocycles. The predicted octanol–water partition coefficient (Wildman–Crippen LogP) is 2.18. The molecule has 0 radical (unpaired) electrons. The fourth-order valence-electron chi connectivity index (χ4n) is 2.35. The molecule has 18 heavy (non-hydrogen) atoms. The summed E-state index contributed by atoms with van der Waals surface area (Å²) in [4.78, 5) is 0. The van der Waals surface area contributed by atoms with Crippen LogP contribution in [0.1, 0.15) is 30.1 Å². The Hall–Kier alpha value is -1.30. The topological polar surface area (TPSA) is 48.5 Å². The van der Waals surface area contributed by atoms with Crippen molar-refractivity contribution in [3.63, 3.8) is 0 Å². The molecule has 0 saturated carbocycles. The van der Waals surface area contributed by atoms with E-state index < -0.39 is 0 Å². The number of aromatic nitrogens is 5. The summed E-state index contributed by atoms with van der Waals surface area (Å²) in [5.41, 5.74) is 2.23. The van der Waals surface area contributed by atoms with Gasteiger partial charge in [0.2, 0.25) is 0 Å². The maximum Gasteiger partial charge on any atom is 0.167 e. The molecule has 1 aliphatic heterocycles. The lowest BCUT2D eigenvalue weighted by molar-refractivity contribution is 0.662. The lowest BCUT2D eigenvalue weighted by Gasteiger charge is -2.21. The summed E-state index contributed by atoms with van der Waals surface area (Å²) in [6.07, 6.45) is 2.99. The molecule has 0 spiro atoms. The molecule has 5 nitrogen and oxygen atoms in total. The van der Waals surface area contributed by atoms with E-state index in [1.807, 2.05) is 29.7 Å². The number of thioether (sulfide) groups is 1. The summed E-state index contributed by atoms with van der Waals surface area (Å²) in [5.74, 6) is 3.22. The van der Waals surface area contributed by atoms with Gasteiger partial charge in [0.25, 0.3) is 0 Å². The average molecular weight is 263 g/mol. The maximum atomic E-state index is 4.39. The van der Waals surface area contributed by atoms with Crippen LogP contribution in [0.3, 0.4) is 0 Å². The van der Waals surface area contributed by atoms with Gasteiger partial charge in [0.05, 0.1) is 17.0 Å². The monoisotopic (exact) mass is 263 g/mol. The lowest BCUT2D eigenvalue weighted by Crippen LogP contribution is -2.16. The van der Waals surface area contributed by atoms with E-state index in [4.69, 9.17) is 0 Å². The van der Waals surface area contributed by atoms with Crippen molar-refractivity contribution in [2.24, 2.45) is 7.05 Å². The van der Waals surface area contributed by atoms with Gasteiger partial charge >= 0.3 is 0 Å². The van der Waals surface area contributed by atoms with Gasteiger partial charge in [-0.15, -0.1) is 22.0 Å². The molecule has 1 unspecified atom stereocenters. The van der Waals surface area contributed by atoms with Crippen LogP contribution in [0.15, 0.2) is 6.20 Å². The number of aryl methyl sites for hydroxylation is 1. The Bertz CT molecular complexity index is 571. The first kappa shape index (κ1) is 11.8. The normalized spacial score (nSPS) is 18.9. The first-order chi connectivity index (χ1) is 8.72. The van der Waals surface area contributed by atoms with E-state index in [0.717, 1.165) is 41.6 Å². The molecule has 0 saturated heterocycles. The van der Waals surface area contributed by atoms with Crippen LogP contribution in [0.4, 0.5) is 0 Å². The van der Waals surface area contributed by atoms with Crippen LogP contribution >= 0.6 is 11.8 Å². The second-order valence-corrected chi connectivity index (χ2v) is 5.88. The van der Waals surface area contributed by atoms with Gasteiger partial charge < -0.3 is 4.57 Å². The summed E-state index contributed by atoms with van der Waals surface area (Å²) in [6.45, 7) is 5.27. The molecule has 0 N–H and O–H groups in total. The van der Waals surface area contributed by atoms with Gasteiger partial charge in [-0.25, -0.2) is 0 Å². The van der Waals surface area contributed by atoms with E-state index in [1.165, 1.54) is 0 Å². The van der Waals surface area contributed by atoms with Crippen molar-refractivity contribution in [2.45, 2.75) is 32.1 Å². The van der Waals surface area contributed by atoms with Crippen molar-refractivity contribution in [3.8, 4) is 11.4 Å². The molecule has 0 bridgehead atoms. The van der Waals surface area contributed by atoms with Crippen LogP contribution in [-0.4, -0.2) is 30.3 Å². The molecule has 0 fully saturated rings. The highest BCUT2D eigenvalue weighted by atomic mass is 32.2. The third-order valence-corrected chi connectivity index (χ3v) is 4.91. The third kappa shape index (κ3) is 1.67. The van der Waals surface area contributed by atoms with Crippen LogP contribution in [0.5, 0.6) is 0 Å². The molecular weight excluding hydrogens is 246 g/mol. The molecule has 2 aromatic heterocycles. The van der Waals surface area contributed by atoms with Crippen LogP contribution in [0.25, 0.3) is 11.4 Å². The molecule has 6 heteroatoms. The predicted molar refractivity (Wildman–Crippen MR) is 72.5 cm³/mol. The second-order valence-electron chi connectivity index (χ2n) is 4.57. The van der Waals surface area contributed by atoms with E-state index in [1.54, 1.807) is 0 Å². The van der Waals surface area contributed by atoms with Gasteiger partial charge in [0, 0.05) is 25.0 Å². The first-order valence-corrected chi connectivity index (χ1v) is 7.31. The SMILES string of the molecule is CCC1SCCn2c(-c3cnn(C)c3C)nnc21. The van der Waals surface area contributed by atoms with Crippen molar-refractivity contribution >= 4 is 11.8 Å². The van der Waals surface area contributed by atoms with Gasteiger partial charge in [-0.3, -0.25) is 4.68 Å². The third-order valence-electron chi connectivity index (χ3n) is 3.55. The van der Waals surface area contributed by atoms with E-state index in [0.29, 0.717) is 5.25 Å². The smallest absolute Gasteiger partial charge is 0.167 e. The zero-order valence-electron chi connectivity index (χ0n) is 10.9. The van der Waals surface area contributed by atoms with Gasteiger partial charge in [0.1, 0.15) is 5.82 Å². The van der Waals surface area contributed by atoms with Crippen LogP contribution in [-0.2, 0) is 13.6 Å². The zero-order valence-corrected chi connectivity index (χ0v) is 11.7. The Balaban J connectivity index is 2.10. The Morgan fingerprint density at radius 1 is 1.44 bits per heavy atom. The number of hydrogen-bond donors (Lipinski definition) is 0. The van der Waals surface area contributed by atoms with Gasteiger partial charge in [-0.2, -0.15) is 5.10 Å². The van der Waals surface area contributed by atoms with Crippen molar-refractivity contribution in [3.05, 3.63) is 17.7 Å². The molecule has 2 aromatic rings. The minimum atomic E-state index is 0.483. The van der Waals surface area contributed by atoms with E-state index in [-0.39, 0.29) is 0 Å². The number of hydrogen-bond acceptors (Lipinski definition) is 4. The van der Waals surface area contributed by atoms with Gasteiger partial charge in [0.15, 0.2) is 5.82 Å². The number of rotatable bonds is 2. The second kappa shape index (κ2) is 4.42. The highest BCUT2D eigenvalue weighted by Gasteiger charge is 2.26. The summed E-state index contributed by atoms with van der Waals surface area (Å²) in [5, 5.41) is 13.6. The Labute approximate surface area is 111 Å². The summed E-state index contributed by atoms with van der Waals surface area (Å²) >= 11 is 1.98. The Morgan fingerprint density at radius 3 is 2.94 bits per heavy atom. The Morgan fingerprint density at radius 2 is 2.28 bits per heavy atom. The molecular formula is C12H17N5S. The van der Waals surface area contributed by atoms with Crippen LogP contribution in [0.2, 0.25) is 0 Å². The van der Waals surface area contributed by atoms with Crippen LogP contribution in [0, 0.1) is 6.92 Å². The van der Waals surface area contributed by atoms with Crippen molar-refractivity contribution < 1.29 is 0 Å². The summed E-state index contributed by atoms with van der Waals surface area (Å²) in [6, 6.07) is 0. The van der Waals surface area contributed by atoms with E-state index in [9.17, 15) is 0 Å². The van der Waals surface area contributed by atoms with E-state index in [2.05, 4.69) is 33.7 Å². The number of fused-ring (bicyclic) bond motifs is 1. The first-order valence-electron chi connectivity index (χ1n) is 6.26. The molecule has 0 aromatic carbocycles. The molecule has 1 atom stereocenters. The highest BCUT2D eigenvalue weighted by Crippen LogP contribution is 2.37. The van der Waals surface area contributed by atoms with Crippen molar-refractivity contribution in [1.82, 2.24) is 24.5 Å². The van der Waals surface area contributed by atoms with E-state index >= 15 is 0 Å². The Kier molecular flexibility index (Phi) is 2.89. The van der Waals surface area contributed by atoms with Crippen molar-refractivity contribution in [2.75, 3.05) is 5.75 Å². The van der Waals surface area contributed by atoms with Crippen molar-refractivity contribution in [1.29, 1.82) is 0 Å². The average Bonchev–Trinajstić information content (AvgIpc) is 2.94. The molecule has 96 valence electrons. The zero-order chi connectivity index (χ0) is 12.7. The van der Waals surface area contributed by atoms with Gasteiger partial charge in [-0.1, -0.05) is 6.92 Å². The molecule has 3 heterocycles. The lowest BCUT2D eigenvalue weighted by atomic mass is 10.2. The minimum absolute atomic E-state index is 0.483.